The van der Waals surface area contributed by atoms with Crippen LogP contribution in [0.4, 0.5) is 0 Å². The number of hydrogen-bond acceptors (Lipinski definition) is 8. The molecule has 9 heteroatoms. The van der Waals surface area contributed by atoms with Crippen molar-refractivity contribution in [3.63, 3.8) is 0 Å². The Morgan fingerprint density at radius 2 is 1.91 bits per heavy atom. The quantitative estimate of drug-likeness (QED) is 0.229. The first kappa shape index (κ1) is 27.1. The van der Waals surface area contributed by atoms with Gasteiger partial charge in [-0.1, -0.05) is 32.1 Å². The van der Waals surface area contributed by atoms with Gasteiger partial charge in [0.15, 0.2) is 11.5 Å². The molecule has 1 aromatic carbocycles. The van der Waals surface area contributed by atoms with Gasteiger partial charge in [0.05, 0.1) is 13.7 Å². The maximum absolute atomic E-state index is 12.1. The summed E-state index contributed by atoms with van der Waals surface area (Å²) < 4.78 is 16.4. The van der Waals surface area contributed by atoms with Gasteiger partial charge in [0, 0.05) is 13.0 Å². The predicted molar refractivity (Wildman–Crippen MR) is 122 cm³/mol. The van der Waals surface area contributed by atoms with Crippen molar-refractivity contribution >= 4 is 5.91 Å². The molecule has 0 bridgehead atoms. The van der Waals surface area contributed by atoms with Crippen LogP contribution in [0.3, 0.4) is 0 Å². The largest absolute Gasteiger partial charge is 0.493 e. The van der Waals surface area contributed by atoms with Crippen molar-refractivity contribution in [1.29, 1.82) is 0 Å². The Labute approximate surface area is 195 Å². The van der Waals surface area contributed by atoms with E-state index in [0.29, 0.717) is 24.6 Å². The van der Waals surface area contributed by atoms with E-state index < -0.39 is 37.3 Å². The smallest absolute Gasteiger partial charge is 0.229 e. The Morgan fingerprint density at radius 1 is 1.15 bits per heavy atom. The molecule has 1 fully saturated rings. The number of unbranched alkanes of at least 4 members (excludes halogenated alkanes) is 2. The van der Waals surface area contributed by atoms with Gasteiger partial charge in [0.2, 0.25) is 12.2 Å². The molecule has 0 aromatic heterocycles. The van der Waals surface area contributed by atoms with Gasteiger partial charge >= 0.3 is 0 Å². The van der Waals surface area contributed by atoms with Crippen LogP contribution in [0.15, 0.2) is 30.4 Å². The molecule has 1 aromatic rings. The topological polar surface area (TPSA) is 138 Å². The van der Waals surface area contributed by atoms with Crippen LogP contribution in [-0.4, -0.2) is 70.8 Å². The predicted octanol–water partition coefficient (Wildman–Crippen LogP) is 1.26. The van der Waals surface area contributed by atoms with Gasteiger partial charge in [-0.3, -0.25) is 4.79 Å². The van der Waals surface area contributed by atoms with E-state index >= 15 is 0 Å². The van der Waals surface area contributed by atoms with Crippen LogP contribution >= 0.6 is 0 Å². The molecule has 33 heavy (non-hydrogen) atoms. The summed E-state index contributed by atoms with van der Waals surface area (Å²) in [5, 5.41) is 42.1. The fraction of sp³-hybridized carbons (Fsp3) is 0.625. The van der Waals surface area contributed by atoms with Crippen molar-refractivity contribution in [2.75, 3.05) is 13.7 Å². The normalized spacial score (nSPS) is 25.4. The molecule has 1 aliphatic heterocycles. The average Bonchev–Trinajstić information content (AvgIpc) is 2.80. The number of aliphatic hydroxyl groups is 4. The Bertz CT molecular complexity index is 767. The summed E-state index contributed by atoms with van der Waals surface area (Å²) in [6.07, 6.45) is 0.646. The van der Waals surface area contributed by atoms with Crippen molar-refractivity contribution in [1.82, 2.24) is 5.32 Å². The number of aliphatic hydroxyl groups excluding tert-OH is 4. The first-order valence-corrected chi connectivity index (χ1v) is 11.3. The standard InChI is InChI=1S/C24H37NO8/c1-15(2)8-6-4-5-7-9-20(27)25-13-16-10-11-17(18(12-16)31-3)32-24-23(30)22(29)21(28)19(14-26)33-24/h6,8,10-12,15,19,21-24,26,28-30H,4-5,7,9,13-14H2,1-3H3,(H,25,27)/b8-6+/t19-,21-,22+,23-,24?/m1/s1. The van der Waals surface area contributed by atoms with Gasteiger partial charge in [-0.25, -0.2) is 0 Å². The molecule has 5 atom stereocenters. The fourth-order valence-electron chi connectivity index (χ4n) is 3.41. The van der Waals surface area contributed by atoms with Crippen molar-refractivity contribution < 1.29 is 39.4 Å². The highest BCUT2D eigenvalue weighted by Crippen LogP contribution is 2.32. The summed E-state index contributed by atoms with van der Waals surface area (Å²) in [5.74, 6) is 1.10. The number of nitrogens with one attached hydrogen (secondary N) is 1. The fourth-order valence-corrected chi connectivity index (χ4v) is 3.41. The molecule has 0 radical (unpaired) electrons. The second-order valence-electron chi connectivity index (χ2n) is 8.50. The first-order valence-electron chi connectivity index (χ1n) is 11.3. The Kier molecular flexibility index (Phi) is 11.1. The van der Waals surface area contributed by atoms with E-state index in [0.717, 1.165) is 24.8 Å². The Hall–Kier alpha value is -2.17. The monoisotopic (exact) mass is 467 g/mol. The number of benzene rings is 1. The molecular weight excluding hydrogens is 430 g/mol. The zero-order valence-corrected chi connectivity index (χ0v) is 19.5. The highest BCUT2D eigenvalue weighted by molar-refractivity contribution is 5.75. The lowest BCUT2D eigenvalue weighted by molar-refractivity contribution is -0.277. The number of methoxy groups -OCH3 is 1. The zero-order chi connectivity index (χ0) is 24.4. The van der Waals surface area contributed by atoms with Crippen LogP contribution < -0.4 is 14.8 Å². The van der Waals surface area contributed by atoms with E-state index in [4.69, 9.17) is 14.2 Å². The maximum Gasteiger partial charge on any atom is 0.229 e. The van der Waals surface area contributed by atoms with Crippen LogP contribution in [0.25, 0.3) is 0 Å². The summed E-state index contributed by atoms with van der Waals surface area (Å²) in [4.78, 5) is 12.1. The number of rotatable bonds is 12. The number of carbonyl (C=O) groups excluding carboxylic acids is 1. The minimum Gasteiger partial charge on any atom is -0.493 e. The van der Waals surface area contributed by atoms with Crippen molar-refractivity contribution in [2.45, 2.75) is 76.8 Å². The van der Waals surface area contributed by atoms with Gasteiger partial charge in [-0.15, -0.1) is 0 Å². The molecule has 186 valence electrons. The minimum absolute atomic E-state index is 0.0246. The van der Waals surface area contributed by atoms with Gasteiger partial charge < -0.3 is 40.0 Å². The summed E-state index contributed by atoms with van der Waals surface area (Å²) in [6, 6.07) is 5.03. The van der Waals surface area contributed by atoms with Crippen LogP contribution in [0.1, 0.15) is 45.1 Å². The number of hydrogen-bond donors (Lipinski definition) is 5. The number of ether oxygens (including phenoxy) is 3. The molecule has 1 amide bonds. The number of amides is 1. The van der Waals surface area contributed by atoms with E-state index in [1.165, 1.54) is 7.11 Å². The van der Waals surface area contributed by atoms with Crippen LogP contribution in [0.5, 0.6) is 11.5 Å². The van der Waals surface area contributed by atoms with Crippen molar-refractivity contribution in [3.05, 3.63) is 35.9 Å². The maximum atomic E-state index is 12.1. The molecule has 5 N–H and O–H groups in total. The van der Waals surface area contributed by atoms with Crippen LogP contribution in [0.2, 0.25) is 0 Å². The molecule has 1 heterocycles. The molecule has 0 saturated carbocycles. The molecule has 2 rings (SSSR count). The second-order valence-corrected chi connectivity index (χ2v) is 8.50. The Morgan fingerprint density at radius 3 is 2.58 bits per heavy atom. The summed E-state index contributed by atoms with van der Waals surface area (Å²) >= 11 is 0. The average molecular weight is 468 g/mol. The van der Waals surface area contributed by atoms with E-state index in [1.54, 1.807) is 18.2 Å². The van der Waals surface area contributed by atoms with Crippen molar-refractivity contribution in [2.24, 2.45) is 5.92 Å². The third-order valence-corrected chi connectivity index (χ3v) is 5.35. The van der Waals surface area contributed by atoms with Crippen LogP contribution in [-0.2, 0) is 16.1 Å². The highest BCUT2D eigenvalue weighted by atomic mass is 16.7. The molecule has 0 aliphatic carbocycles. The summed E-state index contributed by atoms with van der Waals surface area (Å²) in [7, 11) is 1.45. The second kappa shape index (κ2) is 13.5. The van der Waals surface area contributed by atoms with Gasteiger partial charge in [0.1, 0.15) is 24.4 Å². The van der Waals surface area contributed by atoms with E-state index in [-0.39, 0.29) is 11.7 Å². The Balaban J connectivity index is 1.87. The lowest BCUT2D eigenvalue weighted by Crippen LogP contribution is -2.60. The molecule has 9 nitrogen and oxygen atoms in total. The summed E-state index contributed by atoms with van der Waals surface area (Å²) in [6.45, 7) is 4.04. The molecule has 1 unspecified atom stereocenters. The molecule has 1 saturated heterocycles. The highest BCUT2D eigenvalue weighted by Gasteiger charge is 2.44. The van der Waals surface area contributed by atoms with E-state index in [9.17, 15) is 25.2 Å². The van der Waals surface area contributed by atoms with E-state index in [1.807, 2.05) is 0 Å². The number of allylic oxidation sites excluding steroid dienone is 2. The first-order chi connectivity index (χ1) is 15.8. The minimum atomic E-state index is -1.53. The zero-order valence-electron chi connectivity index (χ0n) is 19.5. The third-order valence-electron chi connectivity index (χ3n) is 5.35. The lowest BCUT2D eigenvalue weighted by Gasteiger charge is -2.39. The van der Waals surface area contributed by atoms with Gasteiger partial charge in [-0.05, 0) is 42.9 Å². The van der Waals surface area contributed by atoms with E-state index in [2.05, 4.69) is 31.3 Å². The SMILES string of the molecule is COc1cc(CNC(=O)CCCC/C=C/C(C)C)ccc1OC1O[C@H](CO)[C@@H](O)[C@H](O)[C@H]1O. The van der Waals surface area contributed by atoms with Gasteiger partial charge in [0.25, 0.3) is 0 Å². The van der Waals surface area contributed by atoms with Crippen molar-refractivity contribution in [3.8, 4) is 11.5 Å². The molecular formula is C24H37NO8. The van der Waals surface area contributed by atoms with Gasteiger partial charge in [-0.2, -0.15) is 0 Å². The third kappa shape index (κ3) is 8.28. The lowest BCUT2D eigenvalue weighted by atomic mass is 9.99. The molecule has 0 spiro atoms. The summed E-state index contributed by atoms with van der Waals surface area (Å²) in [5.41, 5.74) is 0.793. The number of carbonyl (C=O) groups is 1. The van der Waals surface area contributed by atoms with Crippen LogP contribution in [0, 0.1) is 5.92 Å². The molecule has 1 aliphatic rings.